The Labute approximate surface area is 174 Å². The highest BCUT2D eigenvalue weighted by Crippen LogP contribution is 2.28. The first-order chi connectivity index (χ1) is 13.1. The van der Waals surface area contributed by atoms with Crippen molar-refractivity contribution in [2.24, 2.45) is 0 Å². The molecule has 1 saturated heterocycles. The van der Waals surface area contributed by atoms with Crippen LogP contribution < -0.4 is 5.32 Å². The summed E-state index contributed by atoms with van der Waals surface area (Å²) in [5, 5.41) is 4.19. The van der Waals surface area contributed by atoms with E-state index in [1.807, 2.05) is 42.7 Å². The van der Waals surface area contributed by atoms with E-state index in [-0.39, 0.29) is 11.9 Å². The zero-order chi connectivity index (χ0) is 19.2. The molecule has 0 saturated carbocycles. The van der Waals surface area contributed by atoms with Gasteiger partial charge in [-0.15, -0.1) is 11.8 Å². The molecule has 7 heteroatoms. The Morgan fingerprint density at radius 1 is 1.19 bits per heavy atom. The number of thioether (sulfide) groups is 1. The van der Waals surface area contributed by atoms with Gasteiger partial charge in [0.2, 0.25) is 0 Å². The predicted octanol–water partition coefficient (Wildman–Crippen LogP) is 4.52. The molecule has 144 valence electrons. The van der Waals surface area contributed by atoms with E-state index in [0.717, 1.165) is 23.5 Å². The Kier molecular flexibility index (Phi) is 7.44. The summed E-state index contributed by atoms with van der Waals surface area (Å²) in [6.45, 7) is 3.40. The van der Waals surface area contributed by atoms with Crippen LogP contribution in [0.2, 0.25) is 10.0 Å². The van der Waals surface area contributed by atoms with Crippen LogP contribution >= 0.6 is 35.0 Å². The van der Waals surface area contributed by atoms with Crippen molar-refractivity contribution in [1.29, 1.82) is 0 Å². The maximum atomic E-state index is 12.8. The number of ether oxygens (including phenoxy) is 1. The Morgan fingerprint density at radius 2 is 1.93 bits per heavy atom. The minimum atomic E-state index is -0.179. The Balaban J connectivity index is 1.78. The summed E-state index contributed by atoms with van der Waals surface area (Å²) in [5.41, 5.74) is 1.49. The molecule has 4 nitrogen and oxygen atoms in total. The summed E-state index contributed by atoms with van der Waals surface area (Å²) in [7, 11) is 0. The molecule has 2 aromatic carbocycles. The molecule has 2 aromatic rings. The van der Waals surface area contributed by atoms with Gasteiger partial charge in [0.15, 0.2) is 0 Å². The number of halogens is 2. The molecule has 1 fully saturated rings. The van der Waals surface area contributed by atoms with Gasteiger partial charge < -0.3 is 10.1 Å². The maximum absolute atomic E-state index is 12.8. The molecule has 0 spiro atoms. The van der Waals surface area contributed by atoms with Crippen LogP contribution in [0.4, 0.5) is 0 Å². The predicted molar refractivity (Wildman–Crippen MR) is 112 cm³/mol. The van der Waals surface area contributed by atoms with E-state index < -0.39 is 0 Å². The molecule has 0 unspecified atom stereocenters. The van der Waals surface area contributed by atoms with Gasteiger partial charge in [-0.3, -0.25) is 9.69 Å². The van der Waals surface area contributed by atoms with Crippen LogP contribution in [0.5, 0.6) is 0 Å². The van der Waals surface area contributed by atoms with Gasteiger partial charge in [0, 0.05) is 29.6 Å². The third-order valence-electron chi connectivity index (χ3n) is 4.62. The molecule has 27 heavy (non-hydrogen) atoms. The molecule has 1 amide bonds. The number of nitrogens with zero attached hydrogens (tertiary/aromatic N) is 1. The first-order valence-corrected chi connectivity index (χ1v) is 10.8. The minimum absolute atomic E-state index is 0.0194. The molecule has 1 atom stereocenters. The van der Waals surface area contributed by atoms with E-state index in [1.54, 1.807) is 17.8 Å². The summed E-state index contributed by atoms with van der Waals surface area (Å²) in [5.74, 6) is -0.179. The number of benzene rings is 2. The lowest BCUT2D eigenvalue weighted by Gasteiger charge is -2.35. The Bertz CT molecular complexity index is 797. The fourth-order valence-electron chi connectivity index (χ4n) is 3.16. The van der Waals surface area contributed by atoms with Crippen molar-refractivity contribution in [2.45, 2.75) is 10.9 Å². The highest BCUT2D eigenvalue weighted by atomic mass is 35.5. The minimum Gasteiger partial charge on any atom is -0.379 e. The van der Waals surface area contributed by atoms with Crippen molar-refractivity contribution >= 4 is 40.9 Å². The first kappa shape index (κ1) is 20.5. The lowest BCUT2D eigenvalue weighted by atomic mass is 10.0. The van der Waals surface area contributed by atoms with Crippen LogP contribution in [0.3, 0.4) is 0 Å². The van der Waals surface area contributed by atoms with Crippen LogP contribution in [-0.2, 0) is 4.74 Å². The summed E-state index contributed by atoms with van der Waals surface area (Å²) < 4.78 is 5.47. The summed E-state index contributed by atoms with van der Waals surface area (Å²) in [6, 6.07) is 13.2. The molecule has 0 bridgehead atoms. The molecule has 0 radical (unpaired) electrons. The highest BCUT2D eigenvalue weighted by molar-refractivity contribution is 7.98. The zero-order valence-corrected chi connectivity index (χ0v) is 17.4. The topological polar surface area (TPSA) is 41.6 Å². The fourth-order valence-corrected chi connectivity index (χ4v) is 4.07. The monoisotopic (exact) mass is 424 g/mol. The van der Waals surface area contributed by atoms with Gasteiger partial charge in [-0.2, -0.15) is 0 Å². The van der Waals surface area contributed by atoms with Crippen molar-refractivity contribution < 1.29 is 9.53 Å². The number of rotatable bonds is 6. The first-order valence-electron chi connectivity index (χ1n) is 8.78. The van der Waals surface area contributed by atoms with Crippen LogP contribution in [0.1, 0.15) is 22.0 Å². The van der Waals surface area contributed by atoms with Gasteiger partial charge in [0.05, 0.1) is 29.8 Å². The largest absolute Gasteiger partial charge is 0.379 e. The van der Waals surface area contributed by atoms with Gasteiger partial charge in [-0.25, -0.2) is 0 Å². The van der Waals surface area contributed by atoms with E-state index >= 15 is 0 Å². The normalized spacial score (nSPS) is 16.1. The van der Waals surface area contributed by atoms with Crippen molar-refractivity contribution in [3.63, 3.8) is 0 Å². The Hall–Kier alpha value is -1.24. The Morgan fingerprint density at radius 3 is 2.63 bits per heavy atom. The van der Waals surface area contributed by atoms with E-state index in [2.05, 4.69) is 10.2 Å². The molecule has 1 heterocycles. The molecular formula is C20H22Cl2N2O2S. The molecule has 0 aromatic heterocycles. The van der Waals surface area contributed by atoms with Gasteiger partial charge >= 0.3 is 0 Å². The average molecular weight is 425 g/mol. The summed E-state index contributed by atoms with van der Waals surface area (Å²) in [4.78, 5) is 16.1. The van der Waals surface area contributed by atoms with E-state index in [0.29, 0.717) is 35.4 Å². The van der Waals surface area contributed by atoms with Gasteiger partial charge in [-0.1, -0.05) is 41.4 Å². The van der Waals surface area contributed by atoms with Gasteiger partial charge in [0.1, 0.15) is 0 Å². The molecule has 3 rings (SSSR count). The number of nitrogens with one attached hydrogen (secondary N) is 1. The molecule has 0 aliphatic carbocycles. The zero-order valence-electron chi connectivity index (χ0n) is 15.1. The van der Waals surface area contributed by atoms with Crippen LogP contribution in [0.15, 0.2) is 47.4 Å². The van der Waals surface area contributed by atoms with Crippen molar-refractivity contribution in [2.75, 3.05) is 39.1 Å². The average Bonchev–Trinajstić information content (AvgIpc) is 2.70. The second-order valence-corrected chi connectivity index (χ2v) is 7.94. The van der Waals surface area contributed by atoms with Crippen LogP contribution in [-0.4, -0.2) is 49.9 Å². The van der Waals surface area contributed by atoms with Crippen molar-refractivity contribution in [1.82, 2.24) is 10.2 Å². The van der Waals surface area contributed by atoms with Crippen LogP contribution in [0.25, 0.3) is 0 Å². The second kappa shape index (κ2) is 9.80. The number of hydrogen-bond acceptors (Lipinski definition) is 4. The standard InChI is InChI=1S/C20H22Cl2N2O2S/c1-27-14-6-7-18(22)16(12-14)20(25)23-13-19(24-8-10-26-11-9-24)15-4-2-3-5-17(15)21/h2-7,12,19H,8-11,13H2,1H3,(H,23,25)/t19-/m0/s1. The van der Waals surface area contributed by atoms with E-state index in [1.165, 1.54) is 0 Å². The lowest BCUT2D eigenvalue weighted by molar-refractivity contribution is 0.0162. The van der Waals surface area contributed by atoms with Crippen molar-refractivity contribution in [3.8, 4) is 0 Å². The number of carbonyl (C=O) groups excluding carboxylic acids is 1. The smallest absolute Gasteiger partial charge is 0.252 e. The third-order valence-corrected chi connectivity index (χ3v) is 6.02. The number of hydrogen-bond donors (Lipinski definition) is 1. The molecule has 1 aliphatic heterocycles. The van der Waals surface area contributed by atoms with Gasteiger partial charge in [-0.05, 0) is 36.1 Å². The lowest BCUT2D eigenvalue weighted by Crippen LogP contribution is -2.44. The number of amides is 1. The number of morpholine rings is 1. The fraction of sp³-hybridized carbons (Fsp3) is 0.350. The van der Waals surface area contributed by atoms with Crippen molar-refractivity contribution in [3.05, 3.63) is 63.6 Å². The summed E-state index contributed by atoms with van der Waals surface area (Å²) >= 11 is 14.3. The number of carbonyl (C=O) groups is 1. The summed E-state index contributed by atoms with van der Waals surface area (Å²) in [6.07, 6.45) is 1.97. The van der Waals surface area contributed by atoms with Gasteiger partial charge in [0.25, 0.3) is 5.91 Å². The maximum Gasteiger partial charge on any atom is 0.252 e. The molecular weight excluding hydrogens is 403 g/mol. The van der Waals surface area contributed by atoms with E-state index in [9.17, 15) is 4.79 Å². The van der Waals surface area contributed by atoms with Crippen LogP contribution in [0, 0.1) is 0 Å². The quantitative estimate of drug-likeness (QED) is 0.692. The van der Waals surface area contributed by atoms with E-state index in [4.69, 9.17) is 27.9 Å². The third kappa shape index (κ3) is 5.18. The molecule has 1 aliphatic rings. The highest BCUT2D eigenvalue weighted by Gasteiger charge is 2.25. The SMILES string of the molecule is CSc1ccc(Cl)c(C(=O)NC[C@@H](c2ccccc2Cl)N2CCOCC2)c1. The molecule has 1 N–H and O–H groups in total. The second-order valence-electron chi connectivity index (χ2n) is 6.24.